The monoisotopic (exact) mass is 150 g/mol. The van der Waals surface area contributed by atoms with Crippen molar-refractivity contribution in [2.45, 2.75) is 4.90 Å². The molecule has 0 bridgehead atoms. The standard InChI is InChI=1S/C8H6OS/c10-7-2-1-6-3-4-9-8(6)5-7/h1-5,10H. The van der Waals surface area contributed by atoms with E-state index in [2.05, 4.69) is 12.6 Å². The molecule has 1 aromatic heterocycles. The topological polar surface area (TPSA) is 13.1 Å². The van der Waals surface area contributed by atoms with Crippen molar-refractivity contribution in [1.29, 1.82) is 0 Å². The zero-order chi connectivity index (χ0) is 6.97. The lowest BCUT2D eigenvalue weighted by molar-refractivity contribution is 0.615. The first-order valence-corrected chi connectivity index (χ1v) is 3.47. The summed E-state index contributed by atoms with van der Waals surface area (Å²) < 4.78 is 5.15. The van der Waals surface area contributed by atoms with E-state index in [1.807, 2.05) is 24.3 Å². The number of hydrogen-bond donors (Lipinski definition) is 1. The minimum absolute atomic E-state index is 0.896. The molecule has 1 aromatic carbocycles. The Morgan fingerprint density at radius 3 is 3.00 bits per heavy atom. The average molecular weight is 150 g/mol. The quantitative estimate of drug-likeness (QED) is 0.570. The summed E-state index contributed by atoms with van der Waals surface area (Å²) in [5.41, 5.74) is 0.896. The predicted octanol–water partition coefficient (Wildman–Crippen LogP) is 2.72. The summed E-state index contributed by atoms with van der Waals surface area (Å²) in [6, 6.07) is 7.77. The lowest BCUT2D eigenvalue weighted by Crippen LogP contribution is -1.63. The zero-order valence-corrected chi connectivity index (χ0v) is 6.14. The van der Waals surface area contributed by atoms with Gasteiger partial charge in [0.2, 0.25) is 0 Å². The molecule has 0 saturated heterocycles. The number of furan rings is 1. The van der Waals surface area contributed by atoms with E-state index in [1.54, 1.807) is 6.26 Å². The Morgan fingerprint density at radius 1 is 1.20 bits per heavy atom. The fourth-order valence-electron chi connectivity index (χ4n) is 0.943. The summed E-state index contributed by atoms with van der Waals surface area (Å²) in [7, 11) is 0. The van der Waals surface area contributed by atoms with Gasteiger partial charge in [-0.2, -0.15) is 0 Å². The van der Waals surface area contributed by atoms with Crippen molar-refractivity contribution in [3.63, 3.8) is 0 Å². The second-order valence-corrected chi connectivity index (χ2v) is 2.66. The molecule has 0 aliphatic carbocycles. The molecule has 2 rings (SSSR count). The third kappa shape index (κ3) is 0.809. The van der Waals surface area contributed by atoms with Crippen LogP contribution in [-0.2, 0) is 0 Å². The Labute approximate surface area is 64.1 Å². The van der Waals surface area contributed by atoms with Crippen LogP contribution < -0.4 is 0 Å². The summed E-state index contributed by atoms with van der Waals surface area (Å²) in [5.74, 6) is 0. The number of thiol groups is 1. The Kier molecular flexibility index (Phi) is 1.21. The van der Waals surface area contributed by atoms with E-state index in [1.165, 1.54) is 0 Å². The van der Waals surface area contributed by atoms with Crippen LogP contribution >= 0.6 is 12.6 Å². The molecule has 0 spiro atoms. The molecule has 0 saturated carbocycles. The van der Waals surface area contributed by atoms with Crippen molar-refractivity contribution in [2.75, 3.05) is 0 Å². The fraction of sp³-hybridized carbons (Fsp3) is 0. The number of hydrogen-bond acceptors (Lipinski definition) is 2. The van der Waals surface area contributed by atoms with Crippen molar-refractivity contribution >= 4 is 23.6 Å². The maximum atomic E-state index is 5.15. The Morgan fingerprint density at radius 2 is 2.10 bits per heavy atom. The lowest BCUT2D eigenvalue weighted by atomic mass is 10.3. The van der Waals surface area contributed by atoms with Gasteiger partial charge in [-0.25, -0.2) is 0 Å². The first-order valence-electron chi connectivity index (χ1n) is 3.02. The SMILES string of the molecule is Sc1ccc2ccoc2c1. The molecule has 0 amide bonds. The van der Waals surface area contributed by atoms with Crippen molar-refractivity contribution < 1.29 is 4.42 Å². The predicted molar refractivity (Wildman–Crippen MR) is 43.5 cm³/mol. The van der Waals surface area contributed by atoms with Crippen LogP contribution in [0.4, 0.5) is 0 Å². The minimum atomic E-state index is 0.896. The molecule has 1 nitrogen and oxygen atoms in total. The third-order valence-electron chi connectivity index (χ3n) is 1.44. The van der Waals surface area contributed by atoms with Gasteiger partial charge in [0.25, 0.3) is 0 Å². The van der Waals surface area contributed by atoms with Crippen molar-refractivity contribution in [3.05, 3.63) is 30.5 Å². The van der Waals surface area contributed by atoms with Crippen LogP contribution in [0.3, 0.4) is 0 Å². The largest absolute Gasteiger partial charge is 0.464 e. The van der Waals surface area contributed by atoms with Gasteiger partial charge in [0.15, 0.2) is 0 Å². The number of benzene rings is 1. The third-order valence-corrected chi connectivity index (χ3v) is 1.72. The maximum Gasteiger partial charge on any atom is 0.134 e. The Bertz CT molecular complexity index is 351. The molecular weight excluding hydrogens is 144 g/mol. The van der Waals surface area contributed by atoms with Gasteiger partial charge < -0.3 is 4.42 Å². The van der Waals surface area contributed by atoms with Crippen LogP contribution in [0.1, 0.15) is 0 Å². The van der Waals surface area contributed by atoms with E-state index >= 15 is 0 Å². The van der Waals surface area contributed by atoms with Crippen LogP contribution in [0.5, 0.6) is 0 Å². The summed E-state index contributed by atoms with van der Waals surface area (Å²) in [6.07, 6.45) is 1.68. The molecule has 1 heterocycles. The molecule has 0 radical (unpaired) electrons. The molecule has 2 heteroatoms. The molecule has 0 fully saturated rings. The van der Waals surface area contributed by atoms with E-state index < -0.39 is 0 Å². The first-order chi connectivity index (χ1) is 4.86. The number of rotatable bonds is 0. The smallest absolute Gasteiger partial charge is 0.134 e. The second-order valence-electron chi connectivity index (χ2n) is 2.14. The Hall–Kier alpha value is -0.890. The maximum absolute atomic E-state index is 5.15. The van der Waals surface area contributed by atoms with Crippen molar-refractivity contribution in [2.24, 2.45) is 0 Å². The van der Waals surface area contributed by atoms with Gasteiger partial charge in [0, 0.05) is 10.3 Å². The molecule has 0 aliphatic rings. The lowest BCUT2D eigenvalue weighted by Gasteiger charge is -1.88. The van der Waals surface area contributed by atoms with E-state index in [4.69, 9.17) is 4.42 Å². The molecule has 2 aromatic rings. The van der Waals surface area contributed by atoms with Gasteiger partial charge in [-0.05, 0) is 18.2 Å². The average Bonchev–Trinajstić information content (AvgIpc) is 2.33. The van der Waals surface area contributed by atoms with Gasteiger partial charge in [-0.1, -0.05) is 6.07 Å². The fourth-order valence-corrected chi connectivity index (χ4v) is 1.14. The highest BCUT2D eigenvalue weighted by molar-refractivity contribution is 7.80. The molecule has 0 unspecified atom stereocenters. The van der Waals surface area contributed by atoms with Crippen molar-refractivity contribution in [1.82, 2.24) is 0 Å². The molecule has 0 atom stereocenters. The normalized spacial score (nSPS) is 10.5. The molecule has 10 heavy (non-hydrogen) atoms. The highest BCUT2D eigenvalue weighted by Gasteiger charge is 1.94. The number of fused-ring (bicyclic) bond motifs is 1. The van der Waals surface area contributed by atoms with Crippen LogP contribution in [0, 0.1) is 0 Å². The van der Waals surface area contributed by atoms with Crippen LogP contribution in [0.15, 0.2) is 39.8 Å². The molecule has 0 aliphatic heterocycles. The van der Waals surface area contributed by atoms with Crippen LogP contribution in [0.2, 0.25) is 0 Å². The first kappa shape index (κ1) is 5.86. The van der Waals surface area contributed by atoms with Gasteiger partial charge in [0.05, 0.1) is 6.26 Å². The van der Waals surface area contributed by atoms with Gasteiger partial charge in [-0.3, -0.25) is 0 Å². The summed E-state index contributed by atoms with van der Waals surface area (Å²) in [4.78, 5) is 0.933. The summed E-state index contributed by atoms with van der Waals surface area (Å²) in [6.45, 7) is 0. The van der Waals surface area contributed by atoms with Crippen LogP contribution in [0.25, 0.3) is 11.0 Å². The Balaban J connectivity index is 2.86. The molecule has 0 N–H and O–H groups in total. The second kappa shape index (κ2) is 2.06. The van der Waals surface area contributed by atoms with E-state index in [0.717, 1.165) is 15.9 Å². The van der Waals surface area contributed by atoms with Gasteiger partial charge >= 0.3 is 0 Å². The van der Waals surface area contributed by atoms with Crippen molar-refractivity contribution in [3.8, 4) is 0 Å². The summed E-state index contributed by atoms with van der Waals surface area (Å²) >= 11 is 4.18. The van der Waals surface area contributed by atoms with Crippen LogP contribution in [-0.4, -0.2) is 0 Å². The van der Waals surface area contributed by atoms with E-state index in [9.17, 15) is 0 Å². The summed E-state index contributed by atoms with van der Waals surface area (Å²) in [5, 5.41) is 1.12. The zero-order valence-electron chi connectivity index (χ0n) is 5.24. The van der Waals surface area contributed by atoms with E-state index in [-0.39, 0.29) is 0 Å². The highest BCUT2D eigenvalue weighted by atomic mass is 32.1. The van der Waals surface area contributed by atoms with Gasteiger partial charge in [0.1, 0.15) is 5.58 Å². The molecule has 50 valence electrons. The highest BCUT2D eigenvalue weighted by Crippen LogP contribution is 2.18. The minimum Gasteiger partial charge on any atom is -0.464 e. The van der Waals surface area contributed by atoms with Gasteiger partial charge in [-0.15, -0.1) is 12.6 Å². The molecular formula is C8H6OS. The van der Waals surface area contributed by atoms with E-state index in [0.29, 0.717) is 0 Å².